The fourth-order valence-electron chi connectivity index (χ4n) is 2.96. The minimum absolute atomic E-state index is 0. The normalized spacial score (nSPS) is 11.0. The molecule has 0 aliphatic carbocycles. The van der Waals surface area contributed by atoms with Gasteiger partial charge in [-0.25, -0.2) is 0 Å². The van der Waals surface area contributed by atoms with E-state index >= 15 is 0 Å². The second-order valence-corrected chi connectivity index (χ2v) is 6.74. The molecule has 0 rings (SSSR count). The van der Waals surface area contributed by atoms with Gasteiger partial charge in [0, 0.05) is 0 Å². The highest BCUT2D eigenvalue weighted by atomic mass is 35.5. The molecule has 0 atom stereocenters. The lowest BCUT2D eigenvalue weighted by molar-refractivity contribution is -0.762. The van der Waals surface area contributed by atoms with Crippen molar-refractivity contribution in [1.29, 1.82) is 0 Å². The van der Waals surface area contributed by atoms with Gasteiger partial charge in [0.15, 0.2) is 0 Å². The zero-order valence-electron chi connectivity index (χ0n) is 15.4. The summed E-state index contributed by atoms with van der Waals surface area (Å²) in [6.07, 6.45) is 20.8. The first kappa shape index (κ1) is 25.4. The summed E-state index contributed by atoms with van der Waals surface area (Å²) in [5.41, 5.74) is 0. The molecule has 0 spiro atoms. The van der Waals surface area contributed by atoms with Crippen LogP contribution >= 0.6 is 0 Å². The first-order valence-electron chi connectivity index (χ1n) is 9.97. The van der Waals surface area contributed by atoms with Crippen LogP contribution in [0.4, 0.5) is 0 Å². The Morgan fingerprint density at radius 2 is 0.870 bits per heavy atom. The van der Waals surface area contributed by atoms with E-state index in [9.17, 15) is 0 Å². The summed E-state index contributed by atoms with van der Waals surface area (Å²) in [4.78, 5) is 0. The van der Waals surface area contributed by atoms with Crippen LogP contribution in [0.3, 0.4) is 0 Å². The van der Waals surface area contributed by atoms with Crippen LogP contribution in [0, 0.1) is 0 Å². The number of aliphatic hydroxyl groups is 2. The largest absolute Gasteiger partial charge is 1.00 e. The maximum atomic E-state index is 8.68. The highest BCUT2D eigenvalue weighted by Gasteiger charge is 1.98. The first-order valence-corrected chi connectivity index (χ1v) is 9.97. The van der Waals surface area contributed by atoms with E-state index in [0.29, 0.717) is 0 Å². The quantitative estimate of drug-likeness (QED) is 0.256. The highest BCUT2D eigenvalue weighted by molar-refractivity contribution is 4.49. The average molecular weight is 352 g/mol. The van der Waals surface area contributed by atoms with Gasteiger partial charge in [-0.15, -0.1) is 0 Å². The van der Waals surface area contributed by atoms with Gasteiger partial charge in [-0.2, -0.15) is 0 Å². The highest BCUT2D eigenvalue weighted by Crippen LogP contribution is 2.13. The Morgan fingerprint density at radius 3 is 1.17 bits per heavy atom. The van der Waals surface area contributed by atoms with Gasteiger partial charge >= 0.3 is 6.41 Å². The van der Waals surface area contributed by atoms with Crippen molar-refractivity contribution in [3.8, 4) is 0 Å². The number of hydrogen-bond donors (Lipinski definition) is 3. The maximum absolute atomic E-state index is 8.68. The van der Waals surface area contributed by atoms with E-state index in [2.05, 4.69) is 6.92 Å². The van der Waals surface area contributed by atoms with E-state index in [4.69, 9.17) is 10.2 Å². The fraction of sp³-hybridized carbons (Fsp3) is 1.00. The third-order valence-corrected chi connectivity index (χ3v) is 4.44. The van der Waals surface area contributed by atoms with Crippen molar-refractivity contribution in [2.24, 2.45) is 0 Å². The van der Waals surface area contributed by atoms with Gasteiger partial charge in [-0.1, -0.05) is 96.8 Å². The van der Waals surface area contributed by atoms with Crippen molar-refractivity contribution < 1.29 is 27.9 Å². The lowest BCUT2D eigenvalue weighted by Crippen LogP contribution is -3.00. The van der Waals surface area contributed by atoms with Gasteiger partial charge in [0.2, 0.25) is 0 Å². The molecule has 0 saturated heterocycles. The Morgan fingerprint density at radius 1 is 0.565 bits per heavy atom. The molecule has 23 heavy (non-hydrogen) atoms. The van der Waals surface area contributed by atoms with E-state index in [1.165, 1.54) is 96.3 Å². The molecule has 4 N–H and O–H groups in total. The lowest BCUT2D eigenvalue weighted by atomic mass is 10.0. The number of hydrogen-bond acceptors (Lipinski definition) is 2. The monoisotopic (exact) mass is 351 g/mol. The molecule has 4 heteroatoms. The zero-order chi connectivity index (χ0) is 16.3. The number of quaternary nitrogens is 1. The van der Waals surface area contributed by atoms with Crippen molar-refractivity contribution in [1.82, 2.24) is 0 Å². The van der Waals surface area contributed by atoms with Crippen molar-refractivity contribution in [3.63, 3.8) is 0 Å². The Hall–Kier alpha value is 0.170. The van der Waals surface area contributed by atoms with E-state index in [0.717, 1.165) is 13.0 Å². The molecule has 0 aromatic rings. The molecule has 0 bridgehead atoms. The molecule has 0 aliphatic heterocycles. The van der Waals surface area contributed by atoms with E-state index in [1.54, 1.807) is 5.32 Å². The second-order valence-electron chi connectivity index (χ2n) is 6.74. The molecular formula is C19H42ClNO2. The van der Waals surface area contributed by atoms with Crippen LogP contribution in [-0.4, -0.2) is 23.2 Å². The topological polar surface area (TPSA) is 57.1 Å². The van der Waals surface area contributed by atoms with Gasteiger partial charge in [0.1, 0.15) is 0 Å². The van der Waals surface area contributed by atoms with Crippen LogP contribution in [0.1, 0.15) is 110 Å². The van der Waals surface area contributed by atoms with Gasteiger partial charge in [0.05, 0.1) is 6.54 Å². The van der Waals surface area contributed by atoms with Crippen molar-refractivity contribution in [2.75, 3.05) is 6.54 Å². The van der Waals surface area contributed by atoms with Crippen molar-refractivity contribution in [2.45, 2.75) is 116 Å². The number of halogens is 1. The van der Waals surface area contributed by atoms with Crippen LogP contribution in [0.25, 0.3) is 0 Å². The molecule has 0 aromatic carbocycles. The summed E-state index contributed by atoms with van der Waals surface area (Å²) < 4.78 is 0. The third kappa shape index (κ3) is 24.5. The fourth-order valence-corrected chi connectivity index (χ4v) is 2.96. The molecule has 3 nitrogen and oxygen atoms in total. The summed E-state index contributed by atoms with van der Waals surface area (Å²) in [6, 6.07) is 0. The summed E-state index contributed by atoms with van der Waals surface area (Å²) in [5.74, 6) is 0. The molecular weight excluding hydrogens is 310 g/mol. The number of aliphatic hydroxyl groups excluding tert-OH is 1. The predicted octanol–water partition coefficient (Wildman–Crippen LogP) is 1.08. The molecule has 0 aliphatic rings. The van der Waals surface area contributed by atoms with Crippen molar-refractivity contribution >= 4 is 0 Å². The molecule has 0 saturated carbocycles. The molecule has 0 unspecified atom stereocenters. The van der Waals surface area contributed by atoms with Gasteiger partial charge in [0.25, 0.3) is 0 Å². The van der Waals surface area contributed by atoms with Crippen molar-refractivity contribution in [3.05, 3.63) is 0 Å². The third-order valence-electron chi connectivity index (χ3n) is 4.44. The van der Waals surface area contributed by atoms with E-state index < -0.39 is 6.41 Å². The summed E-state index contributed by atoms with van der Waals surface area (Å²) in [6.45, 7) is 3.11. The molecule has 0 amide bonds. The first-order chi connectivity index (χ1) is 10.8. The maximum Gasteiger partial charge on any atom is 0.300 e. The second kappa shape index (κ2) is 22.2. The van der Waals surface area contributed by atoms with E-state index in [-0.39, 0.29) is 12.4 Å². The Labute approximate surface area is 151 Å². The Bertz CT molecular complexity index is 204. The van der Waals surface area contributed by atoms with E-state index in [1.807, 2.05) is 0 Å². The Kier molecular flexibility index (Phi) is 24.5. The molecule has 0 aromatic heterocycles. The van der Waals surface area contributed by atoms with Crippen LogP contribution in [0.15, 0.2) is 0 Å². The number of nitrogens with two attached hydrogens (primary N) is 1. The van der Waals surface area contributed by atoms with Gasteiger partial charge < -0.3 is 22.6 Å². The smallest absolute Gasteiger partial charge is 0.300 e. The molecule has 0 radical (unpaired) electrons. The molecule has 0 fully saturated rings. The summed E-state index contributed by atoms with van der Waals surface area (Å²) >= 11 is 0. The minimum Gasteiger partial charge on any atom is -1.00 e. The van der Waals surface area contributed by atoms with Crippen LogP contribution < -0.4 is 17.7 Å². The zero-order valence-corrected chi connectivity index (χ0v) is 16.2. The average Bonchev–Trinajstić information content (AvgIpc) is 2.50. The predicted molar refractivity (Wildman–Crippen MR) is 94.6 cm³/mol. The van der Waals surface area contributed by atoms with Crippen LogP contribution in [0.5, 0.6) is 0 Å². The number of unbranched alkanes of at least 4 members (excludes halogenated alkanes) is 15. The molecule has 142 valence electrons. The van der Waals surface area contributed by atoms with Gasteiger partial charge in [-0.3, -0.25) is 5.32 Å². The minimum atomic E-state index is -1.23. The standard InChI is InChI=1S/C19H41NO2.ClH/c1-2-3-4-5-6-7-8-9-10-11-12-13-14-15-16-17-18-20-19(21)22;/h19-22H,2-18H2,1H3;1H. The lowest BCUT2D eigenvalue weighted by Gasteiger charge is -2.04. The molecule has 0 heterocycles. The SMILES string of the molecule is CCCCCCCCCCCCCCCCCC[NH2+]C(O)O.[Cl-]. The summed E-state index contributed by atoms with van der Waals surface area (Å²) in [7, 11) is 0. The number of rotatable bonds is 18. The van der Waals surface area contributed by atoms with Crippen LogP contribution in [0.2, 0.25) is 0 Å². The summed E-state index contributed by atoms with van der Waals surface area (Å²) in [5, 5.41) is 18.9. The van der Waals surface area contributed by atoms with Crippen LogP contribution in [-0.2, 0) is 0 Å². The van der Waals surface area contributed by atoms with Gasteiger partial charge in [-0.05, 0) is 12.8 Å². The Balaban J connectivity index is 0.